The van der Waals surface area contributed by atoms with Crippen molar-refractivity contribution < 1.29 is 43.2 Å². The summed E-state index contributed by atoms with van der Waals surface area (Å²) in [6, 6.07) is -1.74. The first-order valence-corrected chi connectivity index (χ1v) is 9.99. The molecule has 1 fully saturated rings. The van der Waals surface area contributed by atoms with Crippen LogP contribution in [-0.4, -0.2) is 64.0 Å². The molecular formula is C21H22N5O8+. The summed E-state index contributed by atoms with van der Waals surface area (Å²) >= 11 is 0. The number of nitrogens with one attached hydrogen (secondary N) is 2. The van der Waals surface area contributed by atoms with Gasteiger partial charge in [-0.3, -0.25) is 19.2 Å². The molecular weight excluding hydrogens is 450 g/mol. The third-order valence-corrected chi connectivity index (χ3v) is 4.77. The van der Waals surface area contributed by atoms with Crippen LogP contribution in [0.5, 0.6) is 0 Å². The lowest BCUT2D eigenvalue weighted by Crippen LogP contribution is -2.43. The molecule has 3 aromatic heterocycles. The zero-order valence-electron chi connectivity index (χ0n) is 22.2. The molecule has 0 saturated carbocycles. The first kappa shape index (κ1) is 18.3. The highest BCUT2D eigenvalue weighted by atomic mass is 16.7. The summed E-state index contributed by atoms with van der Waals surface area (Å²) in [5.74, 6) is -2.12. The number of hydrogen-bond donors (Lipinski definition) is 2. The molecule has 178 valence electrons. The maximum atomic E-state index is 12.9. The second-order valence-electron chi connectivity index (χ2n) is 7.24. The quantitative estimate of drug-likeness (QED) is 0.206. The number of aromatic nitrogens is 4. The Morgan fingerprint density at radius 3 is 2.59 bits per heavy atom. The van der Waals surface area contributed by atoms with E-state index in [1.54, 1.807) is 0 Å². The normalized spacial score (nSPS) is 23.5. The Kier molecular flexibility index (Phi) is 5.06. The molecule has 4 atom stereocenters. The van der Waals surface area contributed by atoms with E-state index in [-0.39, 0.29) is 29.1 Å². The molecule has 0 amide bonds. The van der Waals surface area contributed by atoms with Gasteiger partial charge in [-0.05, 0) is 17.1 Å². The smallest absolute Gasteiger partial charge is 0.357 e. The van der Waals surface area contributed by atoms with Crippen molar-refractivity contribution >= 4 is 40.4 Å². The number of H-pyrrole nitrogens is 1. The molecule has 0 spiro atoms. The number of carbonyl (C=O) groups is 3. The lowest BCUT2D eigenvalue weighted by atomic mass is 10.1. The highest BCUT2D eigenvalue weighted by Crippen LogP contribution is 2.29. The van der Waals surface area contributed by atoms with Gasteiger partial charge in [0, 0.05) is 20.8 Å². The van der Waals surface area contributed by atoms with Crippen LogP contribution in [0.25, 0.3) is 16.7 Å². The number of ether oxygens (including phenoxy) is 4. The van der Waals surface area contributed by atoms with Crippen LogP contribution in [0.4, 0.5) is 5.82 Å². The van der Waals surface area contributed by atoms with Crippen molar-refractivity contribution in [1.82, 2.24) is 15.0 Å². The minimum absolute atomic E-state index is 0.0577. The van der Waals surface area contributed by atoms with E-state index in [1.807, 2.05) is 0 Å². The number of aromatic amines is 1. The Morgan fingerprint density at radius 1 is 1.15 bits per heavy atom. The fourth-order valence-electron chi connectivity index (χ4n) is 3.51. The van der Waals surface area contributed by atoms with Crippen molar-refractivity contribution in [3.63, 3.8) is 0 Å². The topological polar surface area (TPSA) is 163 Å². The number of nitrogens with zero attached hydrogens (tertiary/aromatic N) is 3. The van der Waals surface area contributed by atoms with Gasteiger partial charge >= 0.3 is 23.6 Å². The van der Waals surface area contributed by atoms with Crippen LogP contribution in [0.2, 0.25) is 0 Å². The summed E-state index contributed by atoms with van der Waals surface area (Å²) in [4.78, 5) is 58.5. The Labute approximate surface area is 197 Å². The lowest BCUT2D eigenvalue weighted by molar-refractivity contribution is -0.485. The Bertz CT molecular complexity index is 1530. The van der Waals surface area contributed by atoms with E-state index in [0.29, 0.717) is 0 Å². The van der Waals surface area contributed by atoms with Crippen LogP contribution in [0.1, 0.15) is 26.3 Å². The van der Waals surface area contributed by atoms with E-state index in [0.717, 1.165) is 24.6 Å². The van der Waals surface area contributed by atoms with Crippen LogP contribution < -0.4 is 15.3 Å². The van der Waals surface area contributed by atoms with E-state index < -0.39 is 72.3 Å². The molecule has 13 heteroatoms. The maximum Gasteiger partial charge on any atom is 0.357 e. The summed E-state index contributed by atoms with van der Waals surface area (Å²) in [6.07, 6.45) is -4.16. The number of rotatable bonds is 6. The largest absolute Gasteiger partial charge is 0.463 e. The summed E-state index contributed by atoms with van der Waals surface area (Å²) in [7, 11) is 0. The summed E-state index contributed by atoms with van der Waals surface area (Å²) in [6.45, 7) is 3.12. The van der Waals surface area contributed by atoms with Crippen molar-refractivity contribution in [3.05, 3.63) is 41.0 Å². The molecule has 2 N–H and O–H groups in total. The average Bonchev–Trinajstić information content (AvgIpc) is 3.14. The fraction of sp³-hybridized carbons (Fsp3) is 0.381. The molecule has 0 bridgehead atoms. The molecule has 1 aliphatic heterocycles. The third kappa shape index (κ3) is 4.64. The van der Waals surface area contributed by atoms with Gasteiger partial charge in [0.05, 0.1) is 10.3 Å². The predicted molar refractivity (Wildman–Crippen MR) is 113 cm³/mol. The van der Waals surface area contributed by atoms with Crippen LogP contribution in [0, 0.1) is 0 Å². The van der Waals surface area contributed by atoms with Gasteiger partial charge in [-0.25, -0.2) is 0 Å². The molecule has 34 heavy (non-hydrogen) atoms. The third-order valence-electron chi connectivity index (χ3n) is 4.77. The number of fused-ring (bicyclic) bond motifs is 3. The molecule has 13 nitrogen and oxygen atoms in total. The molecule has 1 aliphatic rings. The van der Waals surface area contributed by atoms with E-state index in [9.17, 15) is 19.2 Å². The van der Waals surface area contributed by atoms with Gasteiger partial charge in [-0.1, -0.05) is 6.04 Å². The van der Waals surface area contributed by atoms with E-state index in [2.05, 4.69) is 20.3 Å². The number of anilines is 1. The number of carbonyl (C=O) groups excluding carboxylic acids is 3. The van der Waals surface area contributed by atoms with Gasteiger partial charge in [0.25, 0.3) is 5.56 Å². The molecule has 0 radical (unpaired) electrons. The minimum atomic E-state index is -1.24. The molecule has 3 aromatic rings. The van der Waals surface area contributed by atoms with Crippen molar-refractivity contribution in [2.45, 2.75) is 45.3 Å². The van der Waals surface area contributed by atoms with Crippen LogP contribution in [0.15, 0.2) is 35.4 Å². The standard InChI is InChI=1S/C21H21N5O8/c1-10(27)31-8-14-16(32-11(2)28)17(33-12(3)29)21(34-14)25-18-15-19(23-9-22-18)26-7-5-4-6-13(26)20(30)24-15/h4-7,9,14,16-17,21,30H,8H2,1-3H3/p+1/t14-,16-,17-,21-/m1/s1/i4D,5D,6D,7D. The Hall–Kier alpha value is -4.13. The second-order valence-corrected chi connectivity index (χ2v) is 7.24. The first-order chi connectivity index (χ1) is 17.9. The van der Waals surface area contributed by atoms with Crippen LogP contribution in [0.3, 0.4) is 0 Å². The van der Waals surface area contributed by atoms with Gasteiger partial charge in [0.2, 0.25) is 6.33 Å². The molecule has 1 saturated heterocycles. The zero-order chi connectivity index (χ0) is 27.9. The predicted octanol–water partition coefficient (Wildman–Crippen LogP) is -0.380. The van der Waals surface area contributed by atoms with Crippen LogP contribution in [-0.2, 0) is 33.3 Å². The highest BCUT2D eigenvalue weighted by molar-refractivity contribution is 5.80. The van der Waals surface area contributed by atoms with E-state index in [1.165, 1.54) is 6.92 Å². The van der Waals surface area contributed by atoms with Gasteiger partial charge in [-0.2, -0.15) is 9.38 Å². The monoisotopic (exact) mass is 476 g/mol. The van der Waals surface area contributed by atoms with Crippen molar-refractivity contribution in [2.75, 3.05) is 11.9 Å². The van der Waals surface area contributed by atoms with Gasteiger partial charge in [-0.15, -0.1) is 0 Å². The maximum absolute atomic E-state index is 12.9. The van der Waals surface area contributed by atoms with E-state index in [4.69, 9.17) is 24.4 Å². The Balaban J connectivity index is 1.82. The van der Waals surface area contributed by atoms with Crippen molar-refractivity contribution in [2.24, 2.45) is 0 Å². The minimum Gasteiger partial charge on any atom is -0.463 e. The SMILES string of the molecule is [2H]c1c([2H])c([2H])[n+]2c(c1[2H])c(=O)[nH]c1c(N[C@@H]3O[C@H](COC(C)=O)[C@@H](OC(C)=O)[C@H]3OC(C)=O)ncnc12. The average molecular weight is 476 g/mol. The second kappa shape index (κ2) is 9.39. The van der Waals surface area contributed by atoms with Gasteiger partial charge in [0.1, 0.15) is 14.1 Å². The van der Waals surface area contributed by atoms with Gasteiger partial charge < -0.3 is 29.2 Å². The van der Waals surface area contributed by atoms with E-state index >= 15 is 0 Å². The lowest BCUT2D eigenvalue weighted by Gasteiger charge is -2.23. The highest BCUT2D eigenvalue weighted by Gasteiger charge is 2.50. The number of esters is 3. The Morgan fingerprint density at radius 2 is 1.88 bits per heavy atom. The molecule has 0 aliphatic carbocycles. The number of pyridine rings is 1. The fourth-order valence-corrected chi connectivity index (χ4v) is 3.51. The zero-order valence-corrected chi connectivity index (χ0v) is 18.2. The van der Waals surface area contributed by atoms with Gasteiger partial charge in [0.15, 0.2) is 35.3 Å². The number of hydrogen-bond acceptors (Lipinski definition) is 11. The molecule has 4 heterocycles. The summed E-state index contributed by atoms with van der Waals surface area (Å²) < 4.78 is 54.7. The van der Waals surface area contributed by atoms with Crippen LogP contribution >= 0.6 is 0 Å². The van der Waals surface area contributed by atoms with Crippen molar-refractivity contribution in [1.29, 1.82) is 0 Å². The summed E-state index contributed by atoms with van der Waals surface area (Å²) in [5, 5.41) is 2.85. The molecule has 0 aromatic carbocycles. The first-order valence-electron chi connectivity index (χ1n) is 12.0. The van der Waals surface area contributed by atoms with Crippen molar-refractivity contribution in [3.8, 4) is 0 Å². The molecule has 4 rings (SSSR count). The molecule has 0 unspecified atom stereocenters. The summed E-state index contributed by atoms with van der Waals surface area (Å²) in [5.41, 5.74) is -1.34.